The van der Waals surface area contributed by atoms with Crippen LogP contribution in [0.1, 0.15) is 31.7 Å². The van der Waals surface area contributed by atoms with Crippen LogP contribution >= 0.6 is 0 Å². The van der Waals surface area contributed by atoms with Crippen LogP contribution < -0.4 is 10.1 Å². The number of piperidine rings is 1. The number of nitrogens with one attached hydrogen (secondary N) is 1. The molecule has 2 heteroatoms. The summed E-state index contributed by atoms with van der Waals surface area (Å²) in [5.41, 5.74) is 1.45. The van der Waals surface area contributed by atoms with E-state index in [1.807, 2.05) is 0 Å². The first kappa shape index (κ1) is 12.4. The predicted octanol–water partition coefficient (Wildman–Crippen LogP) is 3.02. The van der Waals surface area contributed by atoms with Crippen molar-refractivity contribution in [2.75, 3.05) is 19.7 Å². The van der Waals surface area contributed by atoms with Crippen LogP contribution in [0.4, 0.5) is 0 Å². The molecule has 0 spiro atoms. The van der Waals surface area contributed by atoms with Gasteiger partial charge in [-0.05, 0) is 62.4 Å². The average molecular weight is 233 g/mol. The van der Waals surface area contributed by atoms with Crippen LogP contribution in [-0.2, 0) is 6.42 Å². The molecule has 1 aromatic rings. The van der Waals surface area contributed by atoms with Gasteiger partial charge in [0.1, 0.15) is 5.75 Å². The van der Waals surface area contributed by atoms with Crippen LogP contribution in [0.3, 0.4) is 0 Å². The minimum Gasteiger partial charge on any atom is -0.494 e. The van der Waals surface area contributed by atoms with Crippen molar-refractivity contribution in [1.82, 2.24) is 5.32 Å². The van der Waals surface area contributed by atoms with Gasteiger partial charge in [0.25, 0.3) is 0 Å². The molecule has 17 heavy (non-hydrogen) atoms. The lowest BCUT2D eigenvalue weighted by atomic mass is 9.91. The highest BCUT2D eigenvalue weighted by Gasteiger charge is 2.13. The molecule has 2 nitrogen and oxygen atoms in total. The number of hydrogen-bond acceptors (Lipinski definition) is 2. The van der Waals surface area contributed by atoms with Crippen LogP contribution in [-0.4, -0.2) is 19.7 Å². The molecule has 1 heterocycles. The summed E-state index contributed by atoms with van der Waals surface area (Å²) in [6, 6.07) is 8.64. The lowest BCUT2D eigenvalue weighted by molar-refractivity contribution is 0.317. The topological polar surface area (TPSA) is 21.3 Å². The fraction of sp³-hybridized carbons (Fsp3) is 0.600. The van der Waals surface area contributed by atoms with Gasteiger partial charge < -0.3 is 10.1 Å². The van der Waals surface area contributed by atoms with Gasteiger partial charge in [0.2, 0.25) is 0 Å². The Kier molecular flexibility index (Phi) is 4.87. The van der Waals surface area contributed by atoms with Crippen LogP contribution in [0, 0.1) is 5.92 Å². The molecule has 0 unspecified atom stereocenters. The summed E-state index contributed by atoms with van der Waals surface area (Å²) in [5.74, 6) is 1.86. The van der Waals surface area contributed by atoms with Gasteiger partial charge in [0.05, 0.1) is 6.61 Å². The third-order valence-electron chi connectivity index (χ3n) is 3.38. The van der Waals surface area contributed by atoms with Gasteiger partial charge in [0.15, 0.2) is 0 Å². The summed E-state index contributed by atoms with van der Waals surface area (Å²) >= 11 is 0. The first-order valence-electron chi connectivity index (χ1n) is 6.81. The largest absolute Gasteiger partial charge is 0.494 e. The van der Waals surface area contributed by atoms with E-state index in [0.717, 1.165) is 24.7 Å². The summed E-state index contributed by atoms with van der Waals surface area (Å²) in [5, 5.41) is 3.41. The second-order valence-corrected chi connectivity index (χ2v) is 4.89. The highest BCUT2D eigenvalue weighted by atomic mass is 16.5. The Morgan fingerprint density at radius 3 is 2.53 bits per heavy atom. The Morgan fingerprint density at radius 2 is 1.88 bits per heavy atom. The molecule has 0 aliphatic carbocycles. The molecule has 1 aliphatic rings. The van der Waals surface area contributed by atoms with Crippen molar-refractivity contribution in [3.05, 3.63) is 29.8 Å². The minimum absolute atomic E-state index is 0.813. The summed E-state index contributed by atoms with van der Waals surface area (Å²) < 4.78 is 5.59. The molecular weight excluding hydrogens is 210 g/mol. The molecule has 1 aromatic carbocycles. The Balaban J connectivity index is 1.84. The van der Waals surface area contributed by atoms with E-state index in [1.54, 1.807) is 0 Å². The molecule has 0 bridgehead atoms. The molecular formula is C15H23NO. The van der Waals surface area contributed by atoms with Crippen LogP contribution in [0.5, 0.6) is 5.75 Å². The zero-order valence-electron chi connectivity index (χ0n) is 10.7. The highest BCUT2D eigenvalue weighted by Crippen LogP contribution is 2.20. The minimum atomic E-state index is 0.813. The maximum atomic E-state index is 5.59. The van der Waals surface area contributed by atoms with Crippen LogP contribution in [0.15, 0.2) is 24.3 Å². The van der Waals surface area contributed by atoms with Crippen molar-refractivity contribution < 1.29 is 4.74 Å². The Bertz CT molecular complexity index is 314. The average Bonchev–Trinajstić information content (AvgIpc) is 2.39. The predicted molar refractivity (Wildman–Crippen MR) is 71.5 cm³/mol. The molecule has 0 atom stereocenters. The van der Waals surface area contributed by atoms with Crippen molar-refractivity contribution in [3.63, 3.8) is 0 Å². The van der Waals surface area contributed by atoms with E-state index in [-0.39, 0.29) is 0 Å². The second-order valence-electron chi connectivity index (χ2n) is 4.89. The Labute approximate surface area is 104 Å². The van der Waals surface area contributed by atoms with Gasteiger partial charge in [-0.25, -0.2) is 0 Å². The molecule has 1 fully saturated rings. The normalized spacial score (nSPS) is 17.0. The molecule has 2 rings (SSSR count). The van der Waals surface area contributed by atoms with E-state index < -0.39 is 0 Å². The fourth-order valence-corrected chi connectivity index (χ4v) is 2.36. The van der Waals surface area contributed by atoms with Gasteiger partial charge in [0, 0.05) is 0 Å². The molecule has 0 amide bonds. The quantitative estimate of drug-likeness (QED) is 0.844. The third-order valence-corrected chi connectivity index (χ3v) is 3.38. The lowest BCUT2D eigenvalue weighted by Gasteiger charge is -2.22. The van der Waals surface area contributed by atoms with Crippen molar-refractivity contribution in [2.24, 2.45) is 5.92 Å². The van der Waals surface area contributed by atoms with E-state index in [9.17, 15) is 0 Å². The zero-order valence-corrected chi connectivity index (χ0v) is 10.7. The van der Waals surface area contributed by atoms with Gasteiger partial charge >= 0.3 is 0 Å². The van der Waals surface area contributed by atoms with Crippen molar-refractivity contribution in [2.45, 2.75) is 32.6 Å². The van der Waals surface area contributed by atoms with E-state index in [0.29, 0.717) is 0 Å². The molecule has 1 N–H and O–H groups in total. The smallest absolute Gasteiger partial charge is 0.119 e. The maximum absolute atomic E-state index is 5.59. The Hall–Kier alpha value is -1.02. The van der Waals surface area contributed by atoms with Gasteiger partial charge in [-0.15, -0.1) is 0 Å². The molecule has 1 aliphatic heterocycles. The number of rotatable bonds is 5. The SMILES string of the molecule is CCCOc1ccc(CC2CCNCC2)cc1. The van der Waals surface area contributed by atoms with Crippen LogP contribution in [0.25, 0.3) is 0 Å². The lowest BCUT2D eigenvalue weighted by Crippen LogP contribution is -2.28. The summed E-state index contributed by atoms with van der Waals surface area (Å²) in [4.78, 5) is 0. The first-order valence-corrected chi connectivity index (χ1v) is 6.81. The van der Waals surface area contributed by atoms with Crippen molar-refractivity contribution in [3.8, 4) is 5.75 Å². The fourth-order valence-electron chi connectivity index (χ4n) is 2.36. The second kappa shape index (κ2) is 6.65. The molecule has 0 aromatic heterocycles. The zero-order chi connectivity index (χ0) is 11.9. The van der Waals surface area contributed by atoms with E-state index >= 15 is 0 Å². The van der Waals surface area contributed by atoms with Gasteiger partial charge in [-0.3, -0.25) is 0 Å². The summed E-state index contributed by atoms with van der Waals surface area (Å²) in [6.45, 7) is 5.31. The van der Waals surface area contributed by atoms with Crippen molar-refractivity contribution >= 4 is 0 Å². The monoisotopic (exact) mass is 233 g/mol. The number of hydrogen-bond donors (Lipinski definition) is 1. The highest BCUT2D eigenvalue weighted by molar-refractivity contribution is 5.27. The van der Waals surface area contributed by atoms with E-state index in [4.69, 9.17) is 4.74 Å². The van der Waals surface area contributed by atoms with Crippen molar-refractivity contribution in [1.29, 1.82) is 0 Å². The van der Waals surface area contributed by atoms with Gasteiger partial charge in [-0.1, -0.05) is 19.1 Å². The maximum Gasteiger partial charge on any atom is 0.119 e. The number of ether oxygens (including phenoxy) is 1. The summed E-state index contributed by atoms with van der Waals surface area (Å²) in [6.07, 6.45) is 4.91. The molecule has 1 saturated heterocycles. The molecule has 94 valence electrons. The summed E-state index contributed by atoms with van der Waals surface area (Å²) in [7, 11) is 0. The standard InChI is InChI=1S/C15H23NO/c1-2-11-17-15-5-3-13(4-6-15)12-14-7-9-16-10-8-14/h3-6,14,16H,2,7-12H2,1H3. The molecule has 0 saturated carbocycles. The van der Waals surface area contributed by atoms with E-state index in [2.05, 4.69) is 36.5 Å². The Morgan fingerprint density at radius 1 is 1.18 bits per heavy atom. The van der Waals surface area contributed by atoms with Crippen LogP contribution in [0.2, 0.25) is 0 Å². The third kappa shape index (κ3) is 4.04. The first-order chi connectivity index (χ1) is 8.38. The van der Waals surface area contributed by atoms with E-state index in [1.165, 1.54) is 37.9 Å². The molecule has 0 radical (unpaired) electrons. The number of benzene rings is 1. The van der Waals surface area contributed by atoms with Gasteiger partial charge in [-0.2, -0.15) is 0 Å².